The van der Waals surface area contributed by atoms with Gasteiger partial charge in [0, 0.05) is 64.9 Å². The molecule has 1 aliphatic carbocycles. The first kappa shape index (κ1) is 22.7. The first-order valence-electron chi connectivity index (χ1n) is 13.2. The van der Waals surface area contributed by atoms with Crippen molar-refractivity contribution in [3.63, 3.8) is 0 Å². The third kappa shape index (κ3) is 4.33. The molecule has 1 aliphatic rings. The van der Waals surface area contributed by atoms with E-state index in [0.717, 1.165) is 69.2 Å². The molecule has 188 valence electrons. The maximum atomic E-state index is 4.64. The summed E-state index contributed by atoms with van der Waals surface area (Å²) < 4.78 is 0. The molecule has 0 unspecified atom stereocenters. The average molecular weight is 501 g/mol. The number of pyridine rings is 4. The van der Waals surface area contributed by atoms with E-state index in [9.17, 15) is 0 Å². The topological polar surface area (TPSA) is 108 Å². The number of fused-ring (bicyclic) bond motifs is 2. The Bertz CT molecular complexity index is 1710. The number of rotatable bonds is 7. The molecular formula is C30H28N8. The maximum absolute atomic E-state index is 4.64. The van der Waals surface area contributed by atoms with Gasteiger partial charge in [-0.15, -0.1) is 0 Å². The van der Waals surface area contributed by atoms with E-state index >= 15 is 0 Å². The zero-order valence-electron chi connectivity index (χ0n) is 21.0. The van der Waals surface area contributed by atoms with Crippen LogP contribution in [0, 0.1) is 5.92 Å². The van der Waals surface area contributed by atoms with Crippen LogP contribution in [0.2, 0.25) is 0 Å². The second kappa shape index (κ2) is 9.79. The molecule has 8 nitrogen and oxygen atoms in total. The van der Waals surface area contributed by atoms with Crippen molar-refractivity contribution in [2.45, 2.75) is 32.2 Å². The van der Waals surface area contributed by atoms with E-state index in [0.29, 0.717) is 5.65 Å². The smallest absolute Gasteiger partial charge is 0.181 e. The summed E-state index contributed by atoms with van der Waals surface area (Å²) in [4.78, 5) is 21.8. The molecule has 0 bridgehead atoms. The van der Waals surface area contributed by atoms with Gasteiger partial charge in [-0.2, -0.15) is 5.10 Å². The number of aromatic nitrogens is 7. The highest BCUT2D eigenvalue weighted by Crippen LogP contribution is 2.33. The SMILES string of the molecule is c1ccc(-c2nccc3[nH]c(-c4[nH]nc5ncc(-c6cncc(CNCC7CCCC7)c6)cc45)cc23)nc1. The first-order valence-corrected chi connectivity index (χ1v) is 13.2. The molecule has 3 N–H and O–H groups in total. The molecule has 8 heteroatoms. The van der Waals surface area contributed by atoms with Crippen molar-refractivity contribution in [2.75, 3.05) is 6.54 Å². The van der Waals surface area contributed by atoms with E-state index in [1.165, 1.54) is 31.2 Å². The Morgan fingerprint density at radius 1 is 0.868 bits per heavy atom. The van der Waals surface area contributed by atoms with Crippen LogP contribution in [-0.2, 0) is 6.54 Å². The van der Waals surface area contributed by atoms with E-state index in [1.807, 2.05) is 42.9 Å². The van der Waals surface area contributed by atoms with Crippen molar-refractivity contribution in [1.82, 2.24) is 40.4 Å². The van der Waals surface area contributed by atoms with Crippen LogP contribution in [0.1, 0.15) is 31.2 Å². The minimum atomic E-state index is 0.674. The van der Waals surface area contributed by atoms with Gasteiger partial charge in [0.15, 0.2) is 5.65 Å². The molecule has 6 heterocycles. The van der Waals surface area contributed by atoms with Crippen LogP contribution in [-0.4, -0.2) is 41.7 Å². The Balaban J connectivity index is 1.20. The van der Waals surface area contributed by atoms with E-state index in [1.54, 1.807) is 12.4 Å². The summed E-state index contributed by atoms with van der Waals surface area (Å²) >= 11 is 0. The Labute approximate surface area is 220 Å². The average Bonchev–Trinajstić information content (AvgIpc) is 3.73. The zero-order chi connectivity index (χ0) is 25.3. The van der Waals surface area contributed by atoms with Gasteiger partial charge in [-0.25, -0.2) is 4.98 Å². The fourth-order valence-corrected chi connectivity index (χ4v) is 5.54. The van der Waals surface area contributed by atoms with Crippen LogP contribution in [0.3, 0.4) is 0 Å². The predicted molar refractivity (Wildman–Crippen MR) is 149 cm³/mol. The fourth-order valence-electron chi connectivity index (χ4n) is 5.54. The highest BCUT2D eigenvalue weighted by Gasteiger charge is 2.16. The van der Waals surface area contributed by atoms with Gasteiger partial charge in [0.25, 0.3) is 0 Å². The summed E-state index contributed by atoms with van der Waals surface area (Å²) in [6, 6.07) is 14.3. The third-order valence-electron chi connectivity index (χ3n) is 7.50. The standard InChI is InChI=1S/C30H28N8/c1-2-6-19(5-1)14-31-15-20-11-21(17-32-16-20)22-12-24-29(37-38-30(24)35-18-22)27-13-23-25(36-27)8-10-34-28(23)26-7-3-4-9-33-26/h3-4,7-13,16-19,31,36H,1-2,5-6,14-15H2,(H,35,37,38). The van der Waals surface area contributed by atoms with E-state index in [-0.39, 0.29) is 0 Å². The van der Waals surface area contributed by atoms with Crippen LogP contribution in [0.25, 0.3) is 55.8 Å². The molecule has 0 atom stereocenters. The molecule has 0 amide bonds. The fraction of sp³-hybridized carbons (Fsp3) is 0.233. The second-order valence-corrected chi connectivity index (χ2v) is 10.1. The molecule has 6 aromatic heterocycles. The molecule has 38 heavy (non-hydrogen) atoms. The number of H-pyrrole nitrogens is 2. The van der Waals surface area contributed by atoms with Crippen molar-refractivity contribution >= 4 is 21.9 Å². The van der Waals surface area contributed by atoms with Gasteiger partial charge in [-0.1, -0.05) is 18.9 Å². The normalized spacial score (nSPS) is 14.1. The van der Waals surface area contributed by atoms with Crippen molar-refractivity contribution in [3.05, 3.63) is 79.0 Å². The molecule has 0 aromatic carbocycles. The van der Waals surface area contributed by atoms with Crippen molar-refractivity contribution in [2.24, 2.45) is 5.92 Å². The van der Waals surface area contributed by atoms with Crippen molar-refractivity contribution < 1.29 is 0 Å². The molecule has 0 saturated heterocycles. The third-order valence-corrected chi connectivity index (χ3v) is 7.50. The minimum absolute atomic E-state index is 0.674. The van der Waals surface area contributed by atoms with Gasteiger partial charge in [0.1, 0.15) is 0 Å². The van der Waals surface area contributed by atoms with Gasteiger partial charge < -0.3 is 10.3 Å². The van der Waals surface area contributed by atoms with Gasteiger partial charge >= 0.3 is 0 Å². The highest BCUT2D eigenvalue weighted by atomic mass is 15.2. The van der Waals surface area contributed by atoms with Crippen molar-refractivity contribution in [3.8, 4) is 33.9 Å². The molecule has 0 spiro atoms. The van der Waals surface area contributed by atoms with Gasteiger partial charge in [-0.05, 0) is 67.3 Å². The summed E-state index contributed by atoms with van der Waals surface area (Å²) in [5.41, 5.74) is 8.40. The lowest BCUT2D eigenvalue weighted by atomic mass is 10.1. The minimum Gasteiger partial charge on any atom is -0.353 e. The number of nitrogens with zero attached hydrogens (tertiary/aromatic N) is 5. The Kier molecular flexibility index (Phi) is 5.86. The van der Waals surface area contributed by atoms with E-state index in [2.05, 4.69) is 58.6 Å². The molecule has 0 radical (unpaired) electrons. The number of hydrogen-bond donors (Lipinski definition) is 3. The van der Waals surface area contributed by atoms with Crippen LogP contribution >= 0.6 is 0 Å². The van der Waals surface area contributed by atoms with Crippen LogP contribution < -0.4 is 5.32 Å². The summed E-state index contributed by atoms with van der Waals surface area (Å²) in [6.07, 6.45) is 14.7. The number of aromatic amines is 2. The van der Waals surface area contributed by atoms with Crippen LogP contribution in [0.4, 0.5) is 0 Å². The highest BCUT2D eigenvalue weighted by molar-refractivity contribution is 5.99. The van der Waals surface area contributed by atoms with Gasteiger partial charge in [0.2, 0.25) is 0 Å². The molecular weight excluding hydrogens is 472 g/mol. The molecule has 0 aliphatic heterocycles. The van der Waals surface area contributed by atoms with Gasteiger partial charge in [-0.3, -0.25) is 20.1 Å². The summed E-state index contributed by atoms with van der Waals surface area (Å²) in [7, 11) is 0. The monoisotopic (exact) mass is 500 g/mol. The quantitative estimate of drug-likeness (QED) is 0.252. The maximum Gasteiger partial charge on any atom is 0.181 e. The molecule has 1 saturated carbocycles. The van der Waals surface area contributed by atoms with Crippen molar-refractivity contribution in [1.29, 1.82) is 0 Å². The zero-order valence-corrected chi connectivity index (χ0v) is 21.0. The van der Waals surface area contributed by atoms with Crippen LogP contribution in [0.5, 0.6) is 0 Å². The van der Waals surface area contributed by atoms with E-state index < -0.39 is 0 Å². The Morgan fingerprint density at radius 2 is 1.79 bits per heavy atom. The lowest BCUT2D eigenvalue weighted by molar-refractivity contribution is 0.489. The summed E-state index contributed by atoms with van der Waals surface area (Å²) in [5.74, 6) is 0.817. The molecule has 1 fully saturated rings. The largest absolute Gasteiger partial charge is 0.353 e. The van der Waals surface area contributed by atoms with Crippen LogP contribution in [0.15, 0.2) is 73.4 Å². The number of nitrogens with one attached hydrogen (secondary N) is 3. The predicted octanol–water partition coefficient (Wildman–Crippen LogP) is 5.91. The Hall–Kier alpha value is -4.43. The molecule has 6 aromatic rings. The summed E-state index contributed by atoms with van der Waals surface area (Å²) in [6.45, 7) is 1.91. The number of hydrogen-bond acceptors (Lipinski definition) is 6. The Morgan fingerprint density at radius 3 is 2.68 bits per heavy atom. The lowest BCUT2D eigenvalue weighted by Gasteiger charge is -2.11. The van der Waals surface area contributed by atoms with Gasteiger partial charge in [0.05, 0.1) is 22.8 Å². The molecule has 7 rings (SSSR count). The van der Waals surface area contributed by atoms with E-state index in [4.69, 9.17) is 0 Å². The lowest BCUT2D eigenvalue weighted by Crippen LogP contribution is -2.20. The summed E-state index contributed by atoms with van der Waals surface area (Å²) in [5, 5.41) is 13.2. The first-order chi connectivity index (χ1) is 18.8. The second-order valence-electron chi connectivity index (χ2n) is 10.1.